The van der Waals surface area contributed by atoms with Gasteiger partial charge in [0, 0.05) is 274 Å². The van der Waals surface area contributed by atoms with Crippen molar-refractivity contribution in [1.29, 1.82) is 84.2 Å². The average Bonchev–Trinajstić information content (AvgIpc) is 3.39. The van der Waals surface area contributed by atoms with E-state index in [0.29, 0.717) is 78.5 Å². The van der Waals surface area contributed by atoms with Gasteiger partial charge < -0.3 is 289 Å². The van der Waals surface area contributed by atoms with Crippen LogP contribution in [0.5, 0.6) is 0 Å². The molecule has 0 aliphatic carbocycles. The van der Waals surface area contributed by atoms with Crippen molar-refractivity contribution in [1.82, 2.24) is 0 Å². The van der Waals surface area contributed by atoms with E-state index in [-0.39, 0.29) is 227 Å². The summed E-state index contributed by atoms with van der Waals surface area (Å²) in [5.74, 6) is 0. The Balaban J connectivity index is -0.00000000466. The zero-order valence-corrected chi connectivity index (χ0v) is 51.3. The molecule has 0 rings (SSSR count). The van der Waals surface area contributed by atoms with Crippen molar-refractivity contribution in [3.05, 3.63) is 136 Å². The predicted octanol–water partition coefficient (Wildman–Crippen LogP) is -1.48. The fourth-order valence-electron chi connectivity index (χ4n) is 0. The number of hydrogen-bond acceptors (Lipinski definition) is 28. The molecule has 0 bridgehead atoms. The van der Waals surface area contributed by atoms with Gasteiger partial charge in [0.15, 0.2) is 0 Å². The van der Waals surface area contributed by atoms with Gasteiger partial charge in [-0.15, -0.1) is 0 Å². The molecular weight excluding hydrogens is 1740 g/mol. The van der Waals surface area contributed by atoms with Gasteiger partial charge in [-0.1, -0.05) is 0 Å². The van der Waals surface area contributed by atoms with E-state index in [0.717, 1.165) is 0 Å². The van der Waals surface area contributed by atoms with Crippen LogP contribution in [0.2, 0.25) is 0 Å². The molecule has 0 amide bonds. The molecule has 0 aliphatic rings. The van der Waals surface area contributed by atoms with Gasteiger partial charge in [0.05, 0.1) is 0 Å². The van der Waals surface area contributed by atoms with Crippen LogP contribution in [0.4, 0.5) is 0 Å². The van der Waals surface area contributed by atoms with Gasteiger partial charge in [-0.3, -0.25) is 0 Å². The van der Waals surface area contributed by atoms with E-state index in [4.69, 9.17) is 258 Å². The fraction of sp³-hybridized carbons (Fsp3) is 0.429. The molecule has 0 aromatic heterocycles. The summed E-state index contributed by atoms with van der Waals surface area (Å²) in [6.45, 7) is 83.2. The summed E-state index contributed by atoms with van der Waals surface area (Å²) in [6.07, 6.45) is 0. The van der Waals surface area contributed by atoms with Crippen molar-refractivity contribution in [3.63, 3.8) is 0 Å². The summed E-state index contributed by atoms with van der Waals surface area (Å²) in [5.41, 5.74) is 58.8. The zero-order chi connectivity index (χ0) is 52.5. The summed E-state index contributed by atoms with van der Waals surface area (Å²) in [7, 11) is 0. The van der Waals surface area contributed by atoms with Crippen LogP contribution in [-0.4, -0.2) is 78.5 Å². The molecule has 0 unspecified atom stereocenters. The van der Waals surface area contributed by atoms with E-state index in [1.54, 1.807) is 0 Å². The maximum absolute atomic E-state index is 6.25. The van der Waals surface area contributed by atoms with Gasteiger partial charge in [-0.25, -0.2) is 0 Å². The Kier molecular flexibility index (Phi) is 16700. The third kappa shape index (κ3) is 28600. The molecule has 33 nitrogen and oxygen atoms in total. The minimum absolute atomic E-state index is 0. The molecule has 0 heterocycles. The molecule has 9 radical (unpaired) electrons. The molecule has 0 saturated heterocycles. The van der Waals surface area contributed by atoms with Crippen LogP contribution in [0.25, 0.3) is 30.8 Å². The molecule has 0 aromatic carbocycles. The fourth-order valence-corrected chi connectivity index (χ4v) is 0. The number of nitrogens with two attached hydrogens (primary N) is 17. The molecule has 34 N–H and O–H groups in total. The number of hydrogen-bond donors (Lipinski definition) is 12. The smallest absolute Gasteiger partial charge is 0.00461 e. The molecule has 467 valence electrons. The molecule has 0 atom stereocenters. The van der Waals surface area contributed by atoms with E-state index < -0.39 is 0 Å². The van der Waals surface area contributed by atoms with Crippen LogP contribution < -0.4 is 68.8 Å². The van der Waals surface area contributed by atoms with E-state index >= 15 is 0 Å². The molecule has 0 aromatic rings. The van der Waals surface area contributed by atoms with Crippen molar-refractivity contribution >= 4 is 0 Å². The van der Waals surface area contributed by atoms with Crippen LogP contribution >= 0.6 is 0 Å². The summed E-state index contributed by atoms with van der Waals surface area (Å²) < 4.78 is 0. The largest absolute Gasteiger partial charge is 0.693 e. The molecule has 0 saturated carbocycles. The first-order chi connectivity index (χ1) is 27.5. The van der Waals surface area contributed by atoms with Crippen molar-refractivity contribution in [2.75, 3.05) is 78.5 Å². The molecular formula is C28H58Cu9N33W2-21. The van der Waals surface area contributed by atoms with Gasteiger partial charge in [-0.05, 0) is 0 Å². The minimum atomic E-state index is 0. The standard InChI is InChI=1S/6C2H8N2.16CN.9Cu.5H2N.2W/c6*3-1-2-4;16*1-2;;;;;;;;;;;;;;;;/h6*1-4H2;;;;;;;;;;;;;;;;;;;;;;;;;;5*1H2;;/q;;;;;;16*-1;;;;;;;;;;5*-1;;. The van der Waals surface area contributed by atoms with Crippen LogP contribution in [-0.2, 0) is 196 Å². The van der Waals surface area contributed by atoms with Crippen molar-refractivity contribution in [2.45, 2.75) is 0 Å². The second-order valence-corrected chi connectivity index (χ2v) is 3.46. The van der Waals surface area contributed by atoms with Crippen molar-refractivity contribution < 1.29 is 196 Å². The van der Waals surface area contributed by atoms with Crippen LogP contribution in [0.3, 0.4) is 0 Å². The average molecular weight is 1800 g/mol. The third-order valence-electron chi connectivity index (χ3n) is 1.00. The molecule has 44 heteroatoms. The monoisotopic (exact) mass is 1790 g/mol. The first kappa shape index (κ1) is 331. The Morgan fingerprint density at radius 1 is 0.139 bits per heavy atom. The Morgan fingerprint density at radius 3 is 0.153 bits per heavy atom. The minimum Gasteiger partial charge on any atom is -0.693 e. The van der Waals surface area contributed by atoms with E-state index in [1.165, 1.54) is 0 Å². The summed E-state index contributed by atoms with van der Waals surface area (Å²) in [6, 6.07) is 0. The normalized spacial score (nSPS) is 2.94. The Hall–Kier alpha value is -2.79. The van der Waals surface area contributed by atoms with E-state index in [1.807, 2.05) is 0 Å². The molecule has 72 heavy (non-hydrogen) atoms. The molecule has 0 fully saturated rings. The second kappa shape index (κ2) is 3630. The first-order valence-electron chi connectivity index (χ1n) is 11.5. The Labute approximate surface area is 557 Å². The number of rotatable bonds is 6. The van der Waals surface area contributed by atoms with Gasteiger partial charge in [0.1, 0.15) is 0 Å². The van der Waals surface area contributed by atoms with Crippen molar-refractivity contribution in [2.24, 2.45) is 68.8 Å². The van der Waals surface area contributed by atoms with E-state index in [2.05, 4.69) is 0 Å². The first-order valence-corrected chi connectivity index (χ1v) is 11.5. The Morgan fingerprint density at radius 2 is 0.153 bits per heavy atom. The summed E-state index contributed by atoms with van der Waals surface area (Å²) in [5, 5.41) is 100. The van der Waals surface area contributed by atoms with Crippen LogP contribution in [0, 0.1) is 189 Å². The van der Waals surface area contributed by atoms with Gasteiger partial charge in [0.25, 0.3) is 0 Å². The topological polar surface area (TPSA) is 860 Å². The SMILES string of the molecule is NCCN.NCCN.NCCN.NCCN.NCCN.NCCN.[C-]#N.[C-]#N.[C-]#N.[C-]#N.[C-]#N.[C-]#N.[C-]#N.[C-]#N.[C-]#N.[C-]#N.[C-]#N.[C-]#N.[C-]#N.[C-]#N.[C-]#N.[C-]#N.[Cu].[Cu].[Cu].[Cu].[Cu].[Cu].[Cu].[Cu].[Cu].[NH2-].[NH2-].[NH2-].[NH2-].[NH2-].[W].[W]. The summed E-state index contributed by atoms with van der Waals surface area (Å²) >= 11 is 0. The van der Waals surface area contributed by atoms with Crippen LogP contribution in [0.15, 0.2) is 0 Å². The summed E-state index contributed by atoms with van der Waals surface area (Å²) in [4.78, 5) is 0. The van der Waals surface area contributed by atoms with E-state index in [9.17, 15) is 0 Å². The third-order valence-corrected chi connectivity index (χ3v) is 1.00. The van der Waals surface area contributed by atoms with Crippen LogP contribution in [0.1, 0.15) is 0 Å². The quantitative estimate of drug-likeness (QED) is 0.107. The molecule has 0 spiro atoms. The van der Waals surface area contributed by atoms with Gasteiger partial charge in [0.2, 0.25) is 0 Å². The maximum atomic E-state index is 6.25. The predicted molar refractivity (Wildman–Crippen MR) is 215 cm³/mol. The number of nitrogens with zero attached hydrogens (tertiary/aromatic N) is 16. The zero-order valence-electron chi connectivity index (χ0n) is 37.0. The van der Waals surface area contributed by atoms with Gasteiger partial charge in [-0.2, -0.15) is 0 Å². The Bertz CT molecular complexity index is 510. The maximum Gasteiger partial charge on any atom is 0.00461 e. The second-order valence-electron chi connectivity index (χ2n) is 3.46. The molecule has 0 aliphatic heterocycles. The van der Waals surface area contributed by atoms with Gasteiger partial charge >= 0.3 is 0 Å². The van der Waals surface area contributed by atoms with Crippen molar-refractivity contribution in [3.8, 4) is 0 Å².